The molecule has 0 heterocycles. The summed E-state index contributed by atoms with van der Waals surface area (Å²) >= 11 is 11.8. The summed E-state index contributed by atoms with van der Waals surface area (Å²) in [4.78, 5) is 23.4. The fraction of sp³-hybridized carbons (Fsp3) is 0.222. The predicted octanol–water partition coefficient (Wildman–Crippen LogP) is 3.91. The molecule has 0 unspecified atom stereocenters. The molecular weight excluding hydrogens is 380 g/mol. The van der Waals surface area contributed by atoms with E-state index < -0.39 is 17.8 Å². The molecule has 0 spiro atoms. The first kappa shape index (κ1) is 20.2. The zero-order valence-electron chi connectivity index (χ0n) is 14.1. The molecule has 4 N–H and O–H groups in total. The highest BCUT2D eigenvalue weighted by molar-refractivity contribution is 6.35. The average molecular weight is 398 g/mol. The normalized spacial score (nSPS) is 13.1. The Hall–Kier alpha value is -2.15. The van der Waals surface area contributed by atoms with Crippen molar-refractivity contribution in [2.24, 2.45) is 5.73 Å². The molecule has 2 aromatic carbocycles. The van der Waals surface area contributed by atoms with E-state index in [0.717, 1.165) is 0 Å². The molecule has 5 nitrogen and oxygen atoms in total. The van der Waals surface area contributed by atoms with Gasteiger partial charge in [-0.3, -0.25) is 14.9 Å². The summed E-state index contributed by atoms with van der Waals surface area (Å²) in [6.07, 6.45) is 0. The van der Waals surface area contributed by atoms with Gasteiger partial charge in [-0.2, -0.15) is 0 Å². The van der Waals surface area contributed by atoms with Gasteiger partial charge in [0.1, 0.15) is 5.82 Å². The lowest BCUT2D eigenvalue weighted by Crippen LogP contribution is -2.39. The quantitative estimate of drug-likeness (QED) is 0.645. The van der Waals surface area contributed by atoms with Gasteiger partial charge in [0.05, 0.1) is 11.1 Å². The van der Waals surface area contributed by atoms with Gasteiger partial charge >= 0.3 is 0 Å². The van der Waals surface area contributed by atoms with Gasteiger partial charge in [-0.1, -0.05) is 23.2 Å². The number of carbonyl (C=O) groups is 2. The van der Waals surface area contributed by atoms with Crippen LogP contribution in [0, 0.1) is 5.82 Å². The average Bonchev–Trinajstić information content (AvgIpc) is 2.58. The Morgan fingerprint density at radius 1 is 1.08 bits per heavy atom. The van der Waals surface area contributed by atoms with Crippen LogP contribution in [-0.2, 0) is 4.79 Å². The first-order valence-electron chi connectivity index (χ1n) is 7.80. The summed E-state index contributed by atoms with van der Waals surface area (Å²) in [6, 6.07) is 7.82. The first-order chi connectivity index (χ1) is 12.2. The van der Waals surface area contributed by atoms with E-state index in [0.29, 0.717) is 21.8 Å². The lowest BCUT2D eigenvalue weighted by atomic mass is 10.1. The molecule has 26 heavy (non-hydrogen) atoms. The Morgan fingerprint density at radius 2 is 1.69 bits per heavy atom. The Balaban J connectivity index is 2.02. The molecule has 0 fully saturated rings. The number of hydrogen-bond acceptors (Lipinski definition) is 3. The van der Waals surface area contributed by atoms with Crippen LogP contribution in [0.15, 0.2) is 36.4 Å². The number of nitrogens with two attached hydrogens (primary N) is 1. The van der Waals surface area contributed by atoms with Crippen LogP contribution in [0.5, 0.6) is 0 Å². The van der Waals surface area contributed by atoms with Crippen LogP contribution < -0.4 is 16.4 Å². The molecule has 2 rings (SSSR count). The molecule has 8 heteroatoms. The van der Waals surface area contributed by atoms with E-state index >= 15 is 0 Å². The second-order valence-corrected chi connectivity index (χ2v) is 6.64. The van der Waals surface area contributed by atoms with Crippen LogP contribution in [0.25, 0.3) is 0 Å². The Labute approximate surface area is 160 Å². The second kappa shape index (κ2) is 8.49. The molecule has 0 bridgehead atoms. The van der Waals surface area contributed by atoms with Crippen molar-refractivity contribution in [2.75, 3.05) is 5.32 Å². The minimum atomic E-state index is -0.587. The highest BCUT2D eigenvalue weighted by Gasteiger charge is 2.19. The monoisotopic (exact) mass is 397 g/mol. The largest absolute Gasteiger partial charge is 0.366 e. The molecule has 2 aromatic rings. The molecule has 0 saturated heterocycles. The van der Waals surface area contributed by atoms with Crippen LogP contribution >= 0.6 is 23.2 Å². The summed E-state index contributed by atoms with van der Waals surface area (Å²) in [7, 11) is 0. The second-order valence-electron chi connectivity index (χ2n) is 5.83. The third-order valence-electron chi connectivity index (χ3n) is 3.84. The number of amides is 2. The van der Waals surface area contributed by atoms with Gasteiger partial charge in [0.15, 0.2) is 0 Å². The summed E-state index contributed by atoms with van der Waals surface area (Å²) in [5, 5.41) is 6.02. The Morgan fingerprint density at radius 3 is 2.27 bits per heavy atom. The van der Waals surface area contributed by atoms with Gasteiger partial charge in [0.25, 0.3) is 0 Å². The number of carbonyl (C=O) groups excluding carboxylic acids is 2. The van der Waals surface area contributed by atoms with E-state index in [4.69, 9.17) is 28.9 Å². The van der Waals surface area contributed by atoms with E-state index in [1.807, 2.05) is 0 Å². The van der Waals surface area contributed by atoms with E-state index in [2.05, 4.69) is 10.6 Å². The van der Waals surface area contributed by atoms with E-state index in [9.17, 15) is 14.0 Å². The summed E-state index contributed by atoms with van der Waals surface area (Å²) in [5.41, 5.74) is 6.55. The lowest BCUT2D eigenvalue weighted by Gasteiger charge is -2.21. The zero-order valence-corrected chi connectivity index (χ0v) is 15.7. The maximum Gasteiger partial charge on any atom is 0.248 e. The van der Waals surface area contributed by atoms with Gasteiger partial charge in [-0.05, 0) is 55.8 Å². The van der Waals surface area contributed by atoms with Gasteiger partial charge in [-0.25, -0.2) is 4.39 Å². The van der Waals surface area contributed by atoms with E-state index in [1.165, 1.54) is 24.3 Å². The van der Waals surface area contributed by atoms with Crippen LogP contribution in [0.1, 0.15) is 35.8 Å². The van der Waals surface area contributed by atoms with Crippen LogP contribution in [-0.4, -0.2) is 17.9 Å². The lowest BCUT2D eigenvalue weighted by molar-refractivity contribution is -0.117. The maximum atomic E-state index is 13.7. The Bertz CT molecular complexity index is 828. The number of hydrogen-bond donors (Lipinski definition) is 3. The molecule has 0 aliphatic heterocycles. The topological polar surface area (TPSA) is 84.2 Å². The van der Waals surface area contributed by atoms with Crippen LogP contribution in [0.4, 0.5) is 10.1 Å². The summed E-state index contributed by atoms with van der Waals surface area (Å²) in [6.45, 7) is 3.43. The van der Waals surface area contributed by atoms with Crippen molar-refractivity contribution in [3.8, 4) is 0 Å². The number of benzene rings is 2. The van der Waals surface area contributed by atoms with Crippen molar-refractivity contribution < 1.29 is 14.0 Å². The fourth-order valence-electron chi connectivity index (χ4n) is 2.38. The molecule has 0 aliphatic rings. The third kappa shape index (κ3) is 4.94. The van der Waals surface area contributed by atoms with Crippen molar-refractivity contribution in [1.82, 2.24) is 5.32 Å². The third-order valence-corrected chi connectivity index (χ3v) is 4.45. The molecule has 0 radical (unpaired) electrons. The van der Waals surface area contributed by atoms with Crippen molar-refractivity contribution >= 4 is 40.7 Å². The number of rotatable bonds is 6. The molecule has 2 atom stereocenters. The minimum absolute atomic E-state index is 0.0591. The van der Waals surface area contributed by atoms with Crippen molar-refractivity contribution in [2.45, 2.75) is 25.9 Å². The first-order valence-corrected chi connectivity index (χ1v) is 8.56. The van der Waals surface area contributed by atoms with Gasteiger partial charge in [-0.15, -0.1) is 0 Å². The van der Waals surface area contributed by atoms with Crippen LogP contribution in [0.3, 0.4) is 0 Å². The number of anilines is 1. The molecule has 138 valence electrons. The molecule has 0 saturated carbocycles. The zero-order chi connectivity index (χ0) is 19.4. The predicted molar refractivity (Wildman–Crippen MR) is 101 cm³/mol. The highest BCUT2D eigenvalue weighted by Crippen LogP contribution is 2.28. The number of halogens is 3. The fourth-order valence-corrected chi connectivity index (χ4v) is 2.93. The van der Waals surface area contributed by atoms with Gasteiger partial charge in [0, 0.05) is 22.3 Å². The summed E-state index contributed by atoms with van der Waals surface area (Å²) in [5.74, 6) is -1.42. The van der Waals surface area contributed by atoms with Crippen molar-refractivity contribution in [3.63, 3.8) is 0 Å². The van der Waals surface area contributed by atoms with Crippen LogP contribution in [0.2, 0.25) is 10.0 Å². The maximum absolute atomic E-state index is 13.7. The smallest absolute Gasteiger partial charge is 0.248 e. The number of nitrogens with one attached hydrogen (secondary N) is 2. The van der Waals surface area contributed by atoms with E-state index in [1.54, 1.807) is 26.0 Å². The number of primary amides is 1. The minimum Gasteiger partial charge on any atom is -0.366 e. The highest BCUT2D eigenvalue weighted by atomic mass is 35.5. The van der Waals surface area contributed by atoms with Crippen molar-refractivity contribution in [3.05, 3.63) is 63.4 Å². The van der Waals surface area contributed by atoms with Gasteiger partial charge in [0.2, 0.25) is 11.8 Å². The SMILES string of the molecule is C[C@H](N[C@H](C)c1cc(F)c(Cl)cc1Cl)C(=O)Nc1ccc(C(N)=O)cc1. The summed E-state index contributed by atoms with van der Waals surface area (Å²) < 4.78 is 13.7. The molecular formula is C18H18Cl2FN3O2. The Kier molecular flexibility index (Phi) is 6.58. The molecule has 0 aromatic heterocycles. The molecule has 0 aliphatic carbocycles. The molecule has 2 amide bonds. The standard InChI is InChI=1S/C18H18Cl2FN3O2/c1-9(13-7-16(21)15(20)8-14(13)19)23-10(2)18(26)24-12-5-3-11(4-6-12)17(22)25/h3-10,23H,1-2H3,(H2,22,25)(H,24,26)/t9-,10+/m1/s1. The van der Waals surface area contributed by atoms with Crippen molar-refractivity contribution in [1.29, 1.82) is 0 Å². The van der Waals surface area contributed by atoms with E-state index in [-0.39, 0.29) is 17.0 Å². The van der Waals surface area contributed by atoms with Gasteiger partial charge < -0.3 is 11.1 Å².